The summed E-state index contributed by atoms with van der Waals surface area (Å²) in [4.78, 5) is 29.8. The molecule has 0 aliphatic heterocycles. The molecule has 0 bridgehead atoms. The van der Waals surface area contributed by atoms with Gasteiger partial charge in [-0.15, -0.1) is 0 Å². The smallest absolute Gasteiger partial charge is 0.343 e. The van der Waals surface area contributed by atoms with Gasteiger partial charge in [0.1, 0.15) is 16.6 Å². The molecule has 1 rings (SSSR count). The van der Waals surface area contributed by atoms with Crippen LogP contribution in [0.5, 0.6) is 0 Å². The highest BCUT2D eigenvalue weighted by atomic mass is 32.2. The molecule has 0 aliphatic rings. The van der Waals surface area contributed by atoms with E-state index in [1.54, 1.807) is 6.92 Å². The summed E-state index contributed by atoms with van der Waals surface area (Å²) in [6, 6.07) is 0. The van der Waals surface area contributed by atoms with E-state index in [0.717, 1.165) is 11.8 Å². The molecule has 98 valence electrons. The van der Waals surface area contributed by atoms with E-state index in [1.807, 2.05) is 0 Å². The number of anilines is 1. The van der Waals surface area contributed by atoms with E-state index in [9.17, 15) is 9.59 Å². The van der Waals surface area contributed by atoms with Crippen LogP contribution in [0, 0.1) is 0 Å². The van der Waals surface area contributed by atoms with E-state index < -0.39 is 17.2 Å². The predicted molar refractivity (Wildman–Crippen MR) is 65.4 cm³/mol. The zero-order valence-electron chi connectivity index (χ0n) is 9.91. The van der Waals surface area contributed by atoms with Gasteiger partial charge in [-0.3, -0.25) is 4.79 Å². The van der Waals surface area contributed by atoms with Gasteiger partial charge in [0.05, 0.1) is 6.61 Å². The van der Waals surface area contributed by atoms with E-state index in [4.69, 9.17) is 15.6 Å². The summed E-state index contributed by atoms with van der Waals surface area (Å²) < 4.78 is 4.77. The average molecular weight is 271 g/mol. The van der Waals surface area contributed by atoms with Crippen molar-refractivity contribution < 1.29 is 19.4 Å². The zero-order chi connectivity index (χ0) is 13.7. The molecule has 1 heterocycles. The molecule has 1 aromatic rings. The third kappa shape index (κ3) is 3.59. The Morgan fingerprint density at radius 3 is 2.78 bits per heavy atom. The van der Waals surface area contributed by atoms with Gasteiger partial charge < -0.3 is 15.6 Å². The maximum atomic E-state index is 11.4. The Balaban J connectivity index is 2.85. The fourth-order valence-electron chi connectivity index (χ4n) is 1.01. The highest BCUT2D eigenvalue weighted by Gasteiger charge is 2.17. The van der Waals surface area contributed by atoms with Crippen molar-refractivity contribution in [2.45, 2.75) is 24.3 Å². The number of nitrogens with two attached hydrogens (primary N) is 1. The normalized spacial score (nSPS) is 11.9. The molecular formula is C10H13N3O4S. The second-order valence-electron chi connectivity index (χ2n) is 3.27. The number of hydrogen-bond donors (Lipinski definition) is 2. The van der Waals surface area contributed by atoms with Crippen LogP contribution >= 0.6 is 11.8 Å². The Labute approximate surface area is 108 Å². The molecule has 0 unspecified atom stereocenters. The number of rotatable bonds is 5. The zero-order valence-corrected chi connectivity index (χ0v) is 10.7. The predicted octanol–water partition coefficient (Wildman–Crippen LogP) is 0.801. The third-order valence-electron chi connectivity index (χ3n) is 1.92. The molecule has 0 fully saturated rings. The van der Waals surface area contributed by atoms with Gasteiger partial charge in [-0.1, -0.05) is 11.8 Å². The molecule has 0 amide bonds. The number of carbonyl (C=O) groups is 2. The lowest BCUT2D eigenvalue weighted by molar-refractivity contribution is -0.136. The van der Waals surface area contributed by atoms with Crippen molar-refractivity contribution in [3.63, 3.8) is 0 Å². The first-order chi connectivity index (χ1) is 8.45. The van der Waals surface area contributed by atoms with Crippen LogP contribution in [0.3, 0.4) is 0 Å². The molecule has 1 aromatic heterocycles. The van der Waals surface area contributed by atoms with Crippen LogP contribution in [0.4, 0.5) is 5.82 Å². The Morgan fingerprint density at radius 1 is 1.61 bits per heavy atom. The number of hydrogen-bond acceptors (Lipinski definition) is 7. The van der Waals surface area contributed by atoms with Crippen molar-refractivity contribution >= 4 is 29.5 Å². The van der Waals surface area contributed by atoms with Crippen LogP contribution in [0.15, 0.2) is 11.4 Å². The number of thioether (sulfide) groups is 1. The lowest BCUT2D eigenvalue weighted by Crippen LogP contribution is -2.14. The highest BCUT2D eigenvalue weighted by Crippen LogP contribution is 2.21. The van der Waals surface area contributed by atoms with Gasteiger partial charge in [0.2, 0.25) is 0 Å². The first-order valence-electron chi connectivity index (χ1n) is 5.14. The van der Waals surface area contributed by atoms with Crippen LogP contribution in [0.2, 0.25) is 0 Å². The largest absolute Gasteiger partial charge is 0.480 e. The summed E-state index contributed by atoms with van der Waals surface area (Å²) in [6.45, 7) is 3.41. The fraction of sp³-hybridized carbons (Fsp3) is 0.400. The summed E-state index contributed by atoms with van der Waals surface area (Å²) in [5, 5.41) is 8.25. The summed E-state index contributed by atoms with van der Waals surface area (Å²) in [5.41, 5.74) is 5.66. The standard InChI is InChI=1S/C10H13N3O4S/c1-3-17-9(16)6-4-12-10(13-7(6)11)18-5(2)8(14)15/h4-5H,3H2,1-2H3,(H,14,15)(H2,11,12,13)/t5-/m0/s1. The molecule has 0 saturated carbocycles. The number of nitrogen functional groups attached to an aromatic ring is 1. The topological polar surface area (TPSA) is 115 Å². The molecule has 0 saturated heterocycles. The molecular weight excluding hydrogens is 258 g/mol. The molecule has 3 N–H and O–H groups in total. The SMILES string of the molecule is CCOC(=O)c1cnc(S[C@@H](C)C(=O)O)nc1N. The minimum atomic E-state index is -0.975. The number of ether oxygens (including phenoxy) is 1. The Kier molecular flexibility index (Phi) is 4.90. The molecule has 7 nitrogen and oxygen atoms in total. The van der Waals surface area contributed by atoms with Crippen molar-refractivity contribution in [2.75, 3.05) is 12.3 Å². The van der Waals surface area contributed by atoms with Crippen LogP contribution in [-0.2, 0) is 9.53 Å². The quantitative estimate of drug-likeness (QED) is 0.459. The number of carboxylic acid groups (broad SMARTS) is 1. The highest BCUT2D eigenvalue weighted by molar-refractivity contribution is 8.00. The van der Waals surface area contributed by atoms with Crippen molar-refractivity contribution in [3.8, 4) is 0 Å². The molecule has 8 heteroatoms. The lowest BCUT2D eigenvalue weighted by atomic mass is 10.3. The van der Waals surface area contributed by atoms with Crippen LogP contribution in [0.1, 0.15) is 24.2 Å². The Bertz CT molecular complexity index is 466. The number of esters is 1. The van der Waals surface area contributed by atoms with Gasteiger partial charge in [-0.05, 0) is 13.8 Å². The maximum Gasteiger partial charge on any atom is 0.343 e. The molecule has 0 spiro atoms. The molecule has 0 aliphatic carbocycles. The maximum absolute atomic E-state index is 11.4. The Morgan fingerprint density at radius 2 is 2.28 bits per heavy atom. The number of aromatic nitrogens is 2. The third-order valence-corrected chi connectivity index (χ3v) is 2.88. The number of aliphatic carboxylic acids is 1. The molecule has 1 atom stereocenters. The monoisotopic (exact) mass is 271 g/mol. The van der Waals surface area contributed by atoms with Crippen LogP contribution in [-0.4, -0.2) is 38.9 Å². The van der Waals surface area contributed by atoms with Gasteiger partial charge in [0.15, 0.2) is 5.16 Å². The van der Waals surface area contributed by atoms with Gasteiger partial charge in [0.25, 0.3) is 0 Å². The van der Waals surface area contributed by atoms with Crippen molar-refractivity contribution in [3.05, 3.63) is 11.8 Å². The molecule has 0 radical (unpaired) electrons. The average Bonchev–Trinajstić information content (AvgIpc) is 2.29. The first-order valence-corrected chi connectivity index (χ1v) is 6.02. The van der Waals surface area contributed by atoms with Gasteiger partial charge in [0, 0.05) is 6.20 Å². The summed E-state index contributed by atoms with van der Waals surface area (Å²) in [5.74, 6) is -1.60. The molecule has 18 heavy (non-hydrogen) atoms. The van der Waals surface area contributed by atoms with Gasteiger partial charge in [-0.25, -0.2) is 14.8 Å². The summed E-state index contributed by atoms with van der Waals surface area (Å²) in [6.07, 6.45) is 1.23. The second-order valence-corrected chi connectivity index (χ2v) is 4.58. The summed E-state index contributed by atoms with van der Waals surface area (Å²) >= 11 is 0.946. The van der Waals surface area contributed by atoms with Crippen molar-refractivity contribution in [1.29, 1.82) is 0 Å². The van der Waals surface area contributed by atoms with Gasteiger partial charge >= 0.3 is 11.9 Å². The second kappa shape index (κ2) is 6.20. The van der Waals surface area contributed by atoms with E-state index in [2.05, 4.69) is 9.97 Å². The van der Waals surface area contributed by atoms with Crippen molar-refractivity contribution in [2.24, 2.45) is 0 Å². The minimum absolute atomic E-state index is 0.0245. The summed E-state index contributed by atoms with van der Waals surface area (Å²) in [7, 11) is 0. The first kappa shape index (κ1) is 14.2. The Hall–Kier alpha value is -1.83. The number of carboxylic acids is 1. The van der Waals surface area contributed by atoms with E-state index in [0.29, 0.717) is 0 Å². The van der Waals surface area contributed by atoms with E-state index >= 15 is 0 Å². The fourth-order valence-corrected chi connectivity index (χ4v) is 1.69. The van der Waals surface area contributed by atoms with E-state index in [-0.39, 0.29) is 23.1 Å². The van der Waals surface area contributed by atoms with Gasteiger partial charge in [-0.2, -0.15) is 0 Å². The number of carbonyl (C=O) groups excluding carboxylic acids is 1. The van der Waals surface area contributed by atoms with Crippen LogP contribution in [0.25, 0.3) is 0 Å². The minimum Gasteiger partial charge on any atom is -0.480 e. The molecule has 0 aromatic carbocycles. The van der Waals surface area contributed by atoms with Crippen LogP contribution < -0.4 is 5.73 Å². The lowest BCUT2D eigenvalue weighted by Gasteiger charge is -2.07. The van der Waals surface area contributed by atoms with E-state index in [1.165, 1.54) is 13.1 Å². The number of nitrogens with zero attached hydrogens (tertiary/aromatic N) is 2. The van der Waals surface area contributed by atoms with Crippen molar-refractivity contribution in [1.82, 2.24) is 9.97 Å².